The normalized spacial score (nSPS) is 25.8. The van der Waals surface area contributed by atoms with Crippen molar-refractivity contribution in [2.24, 2.45) is 17.8 Å². The summed E-state index contributed by atoms with van der Waals surface area (Å²) in [5, 5.41) is 1.22. The number of ketones is 1. The summed E-state index contributed by atoms with van der Waals surface area (Å²) in [6.07, 6.45) is 6.65. The van der Waals surface area contributed by atoms with Crippen molar-refractivity contribution in [3.8, 4) is 0 Å². The average Bonchev–Trinajstić information content (AvgIpc) is 2.60. The molecule has 1 aromatic heterocycles. The van der Waals surface area contributed by atoms with Crippen LogP contribution in [0.4, 0.5) is 0 Å². The Hall–Kier alpha value is -2.28. The molecule has 2 aromatic rings. The van der Waals surface area contributed by atoms with Crippen molar-refractivity contribution >= 4 is 32.5 Å². The van der Waals surface area contributed by atoms with Gasteiger partial charge >= 0.3 is 0 Å². The summed E-state index contributed by atoms with van der Waals surface area (Å²) in [6.45, 7) is 0. The number of nitrogens with one attached hydrogen (secondary N) is 1. The number of fused-ring (bicyclic) bond motifs is 3. The van der Waals surface area contributed by atoms with Crippen LogP contribution in [0, 0.1) is 17.8 Å². The minimum atomic E-state index is -3.98. The van der Waals surface area contributed by atoms with Gasteiger partial charge in [0.1, 0.15) is 5.78 Å². The van der Waals surface area contributed by atoms with Crippen molar-refractivity contribution in [2.75, 3.05) is 0 Å². The maximum atomic E-state index is 12.8. The zero-order chi connectivity index (χ0) is 18.3. The minimum absolute atomic E-state index is 0.0674. The number of carbonyl (C=O) groups excluding carboxylic acids is 2. The van der Waals surface area contributed by atoms with Crippen molar-refractivity contribution in [3.05, 3.63) is 36.7 Å². The Morgan fingerprint density at radius 2 is 1.85 bits per heavy atom. The van der Waals surface area contributed by atoms with Crippen molar-refractivity contribution in [1.29, 1.82) is 0 Å². The number of sulfonamides is 1. The lowest BCUT2D eigenvalue weighted by Gasteiger charge is -2.36. The summed E-state index contributed by atoms with van der Waals surface area (Å²) in [5.41, 5.74) is 0. The molecule has 3 atom stereocenters. The van der Waals surface area contributed by atoms with Crippen LogP contribution in [0.5, 0.6) is 0 Å². The fourth-order valence-electron chi connectivity index (χ4n) is 4.29. The van der Waals surface area contributed by atoms with Crippen LogP contribution in [0.3, 0.4) is 0 Å². The quantitative estimate of drug-likeness (QED) is 0.893. The highest BCUT2D eigenvalue weighted by Crippen LogP contribution is 2.40. The molecule has 1 N–H and O–H groups in total. The van der Waals surface area contributed by atoms with Crippen LogP contribution >= 0.6 is 0 Å². The van der Waals surface area contributed by atoms with Crippen LogP contribution in [0.2, 0.25) is 0 Å². The van der Waals surface area contributed by atoms with Crippen LogP contribution in [0.25, 0.3) is 10.8 Å². The number of hydrogen-bond acceptors (Lipinski definition) is 5. The molecule has 1 aromatic carbocycles. The number of nitrogens with zero attached hydrogens (tertiary/aromatic N) is 1. The Kier molecular flexibility index (Phi) is 4.26. The Balaban J connectivity index is 1.58. The van der Waals surface area contributed by atoms with Crippen molar-refractivity contribution < 1.29 is 18.0 Å². The summed E-state index contributed by atoms with van der Waals surface area (Å²) in [5.74, 6) is -0.853. The largest absolute Gasteiger partial charge is 0.299 e. The first-order valence-corrected chi connectivity index (χ1v) is 10.4. The molecule has 2 saturated carbocycles. The van der Waals surface area contributed by atoms with E-state index >= 15 is 0 Å². The summed E-state index contributed by atoms with van der Waals surface area (Å²) < 4.78 is 27.8. The number of benzene rings is 1. The molecule has 2 fully saturated rings. The third-order valence-electron chi connectivity index (χ3n) is 5.58. The number of carbonyl (C=O) groups is 2. The summed E-state index contributed by atoms with van der Waals surface area (Å²) in [4.78, 5) is 28.9. The van der Waals surface area contributed by atoms with Gasteiger partial charge in [0.05, 0.1) is 4.90 Å². The molecule has 7 heteroatoms. The summed E-state index contributed by atoms with van der Waals surface area (Å²) >= 11 is 0. The maximum absolute atomic E-state index is 12.8. The Morgan fingerprint density at radius 1 is 1.12 bits per heavy atom. The van der Waals surface area contributed by atoms with Crippen LogP contribution in [0.1, 0.15) is 32.1 Å². The molecule has 1 heterocycles. The highest BCUT2D eigenvalue weighted by atomic mass is 32.2. The van der Waals surface area contributed by atoms with E-state index in [9.17, 15) is 18.0 Å². The number of Topliss-reactive ketones (excluding diaryl/α,β-unsaturated/α-hetero) is 1. The van der Waals surface area contributed by atoms with Gasteiger partial charge in [-0.3, -0.25) is 14.6 Å². The van der Waals surface area contributed by atoms with Crippen molar-refractivity contribution in [2.45, 2.75) is 37.0 Å². The van der Waals surface area contributed by atoms with Gasteiger partial charge in [0, 0.05) is 40.9 Å². The van der Waals surface area contributed by atoms with Crippen molar-refractivity contribution in [1.82, 2.24) is 9.71 Å². The van der Waals surface area contributed by atoms with Crippen LogP contribution in [-0.4, -0.2) is 25.1 Å². The van der Waals surface area contributed by atoms with E-state index in [1.54, 1.807) is 24.4 Å². The first-order chi connectivity index (χ1) is 12.5. The highest BCUT2D eigenvalue weighted by Gasteiger charge is 2.42. The molecule has 6 nitrogen and oxygen atoms in total. The van der Waals surface area contributed by atoms with E-state index in [0.717, 1.165) is 19.3 Å². The van der Waals surface area contributed by atoms with E-state index in [4.69, 9.17) is 0 Å². The molecule has 2 aliphatic carbocycles. The van der Waals surface area contributed by atoms with E-state index in [-0.39, 0.29) is 22.5 Å². The van der Waals surface area contributed by atoms with E-state index < -0.39 is 21.8 Å². The van der Waals surface area contributed by atoms with Crippen LogP contribution in [0.15, 0.2) is 41.6 Å². The molecule has 0 radical (unpaired) electrons. The van der Waals surface area contributed by atoms with E-state index in [0.29, 0.717) is 23.6 Å². The fourth-order valence-corrected chi connectivity index (χ4v) is 5.57. The number of amides is 1. The van der Waals surface area contributed by atoms with Crippen molar-refractivity contribution in [3.63, 3.8) is 0 Å². The number of pyridine rings is 1. The van der Waals surface area contributed by atoms with Crippen LogP contribution in [-0.2, 0) is 19.6 Å². The third kappa shape index (κ3) is 3.00. The first-order valence-electron chi connectivity index (χ1n) is 8.89. The van der Waals surface area contributed by atoms with Gasteiger partial charge in [-0.1, -0.05) is 18.6 Å². The molecule has 136 valence electrons. The highest BCUT2D eigenvalue weighted by molar-refractivity contribution is 7.90. The zero-order valence-corrected chi connectivity index (χ0v) is 15.0. The van der Waals surface area contributed by atoms with Gasteiger partial charge < -0.3 is 0 Å². The fraction of sp³-hybridized carbons (Fsp3) is 0.421. The maximum Gasteiger partial charge on any atom is 0.264 e. The molecule has 2 bridgehead atoms. The molecule has 26 heavy (non-hydrogen) atoms. The first kappa shape index (κ1) is 17.1. The number of hydrogen-bond donors (Lipinski definition) is 1. The summed E-state index contributed by atoms with van der Waals surface area (Å²) in [7, 11) is -3.98. The number of rotatable bonds is 3. The predicted molar refractivity (Wildman–Crippen MR) is 95.6 cm³/mol. The molecule has 1 unspecified atom stereocenters. The molecule has 0 aliphatic heterocycles. The van der Waals surface area contributed by atoms with E-state index in [1.807, 2.05) is 0 Å². The molecule has 0 spiro atoms. The zero-order valence-electron chi connectivity index (χ0n) is 14.2. The second-order valence-corrected chi connectivity index (χ2v) is 8.87. The lowest BCUT2D eigenvalue weighted by molar-refractivity contribution is -0.137. The smallest absolute Gasteiger partial charge is 0.264 e. The van der Waals surface area contributed by atoms with Gasteiger partial charge in [-0.25, -0.2) is 13.1 Å². The molecule has 1 amide bonds. The Labute approximate surface area is 152 Å². The van der Waals surface area contributed by atoms with Gasteiger partial charge in [-0.05, 0) is 37.8 Å². The van der Waals surface area contributed by atoms with Gasteiger partial charge in [-0.2, -0.15) is 0 Å². The monoisotopic (exact) mass is 372 g/mol. The van der Waals surface area contributed by atoms with E-state index in [2.05, 4.69) is 9.71 Å². The second-order valence-electron chi connectivity index (χ2n) is 7.22. The third-order valence-corrected chi connectivity index (χ3v) is 6.99. The van der Waals surface area contributed by atoms with Gasteiger partial charge in [0.15, 0.2) is 0 Å². The molecule has 2 aliphatic rings. The van der Waals surface area contributed by atoms with Crippen LogP contribution < -0.4 is 4.72 Å². The molecular formula is C19H20N2O4S. The Morgan fingerprint density at radius 3 is 2.58 bits per heavy atom. The lowest BCUT2D eigenvalue weighted by atomic mass is 9.67. The topological polar surface area (TPSA) is 93.2 Å². The number of aromatic nitrogens is 1. The van der Waals surface area contributed by atoms with Gasteiger partial charge in [0.25, 0.3) is 10.0 Å². The molecular weight excluding hydrogens is 352 g/mol. The standard InChI is InChI=1S/C19H20N2O4S/c22-18-12-3-1-4-13(18)10-15(9-12)19(23)21-26(24,25)17-6-2-5-14-11-20-8-7-16(14)17/h2,5-8,11-13,15H,1,3-4,9-10H2,(H,21,23)/t12-,13+,15?. The second kappa shape index (κ2) is 6.46. The Bertz CT molecular complexity index is 965. The van der Waals surface area contributed by atoms with Gasteiger partial charge in [-0.15, -0.1) is 0 Å². The van der Waals surface area contributed by atoms with E-state index in [1.165, 1.54) is 12.3 Å². The molecule has 0 saturated heterocycles. The predicted octanol–water partition coefficient (Wildman–Crippen LogP) is 2.44. The lowest BCUT2D eigenvalue weighted by Crippen LogP contribution is -2.44. The SMILES string of the molecule is O=C(NS(=O)(=O)c1cccc2cnccc12)C1C[C@H]2CCC[C@@H](C1)C2=O. The summed E-state index contributed by atoms with van der Waals surface area (Å²) in [6, 6.07) is 6.51. The average molecular weight is 372 g/mol. The minimum Gasteiger partial charge on any atom is -0.299 e. The molecule has 4 rings (SSSR count). The van der Waals surface area contributed by atoms with Gasteiger partial charge in [0.2, 0.25) is 5.91 Å².